The van der Waals surface area contributed by atoms with Gasteiger partial charge in [-0.05, 0) is 9.91 Å². The van der Waals surface area contributed by atoms with Gasteiger partial charge in [-0.1, -0.05) is 0 Å². The van der Waals surface area contributed by atoms with Crippen molar-refractivity contribution in [3.8, 4) is 0 Å². The highest BCUT2D eigenvalue weighted by Gasteiger charge is 2.31. The molecule has 0 aromatic carbocycles. The predicted octanol–water partition coefficient (Wildman–Crippen LogP) is 0.0966. The Kier molecular flexibility index (Phi) is 4.18. The van der Waals surface area contributed by atoms with Gasteiger partial charge in [0.2, 0.25) is 12.1 Å². The van der Waals surface area contributed by atoms with Crippen LogP contribution in [0.3, 0.4) is 0 Å². The highest BCUT2D eigenvalue weighted by molar-refractivity contribution is 5.70. The summed E-state index contributed by atoms with van der Waals surface area (Å²) in [6.45, 7) is 1.29. The van der Waals surface area contributed by atoms with Gasteiger partial charge in [-0.25, -0.2) is 0 Å². The van der Waals surface area contributed by atoms with E-state index in [1.165, 1.54) is 13.4 Å². The second-order valence-electron chi connectivity index (χ2n) is 4.48. The van der Waals surface area contributed by atoms with Crippen molar-refractivity contribution >= 4 is 17.6 Å². The lowest BCUT2D eigenvalue weighted by Crippen LogP contribution is -2.44. The zero-order valence-electron chi connectivity index (χ0n) is 11.3. The third-order valence-electron chi connectivity index (χ3n) is 3.12. The first-order chi connectivity index (χ1) is 9.52. The molecule has 1 aliphatic heterocycles. The molecule has 2 heterocycles. The van der Waals surface area contributed by atoms with Crippen molar-refractivity contribution < 1.29 is 19.2 Å². The van der Waals surface area contributed by atoms with E-state index in [0.717, 1.165) is 0 Å². The van der Waals surface area contributed by atoms with Crippen LogP contribution in [0.4, 0.5) is 11.6 Å². The summed E-state index contributed by atoms with van der Waals surface area (Å²) < 4.78 is 11.7. The summed E-state index contributed by atoms with van der Waals surface area (Å²) in [6, 6.07) is 0. The third-order valence-corrected chi connectivity index (χ3v) is 3.12. The number of anilines is 1. The van der Waals surface area contributed by atoms with E-state index in [2.05, 4.69) is 9.72 Å². The van der Waals surface area contributed by atoms with Crippen molar-refractivity contribution in [3.05, 3.63) is 16.4 Å². The van der Waals surface area contributed by atoms with Crippen LogP contribution in [0.25, 0.3) is 0 Å². The van der Waals surface area contributed by atoms with Crippen LogP contribution in [0.1, 0.15) is 6.42 Å². The first-order valence-corrected chi connectivity index (χ1v) is 6.12. The summed E-state index contributed by atoms with van der Waals surface area (Å²) in [5.74, 6) is -0.129. The number of carbonyl (C=O) groups excluding carboxylic acids is 1. The van der Waals surface area contributed by atoms with E-state index in [1.54, 1.807) is 11.6 Å². The number of rotatable bonds is 4. The molecule has 1 aromatic rings. The molecule has 9 nitrogen and oxygen atoms in total. The number of aromatic nitrogens is 2. The first-order valence-electron chi connectivity index (χ1n) is 6.12. The molecule has 9 heteroatoms. The predicted molar refractivity (Wildman–Crippen MR) is 68.4 cm³/mol. The number of nitro groups is 1. The van der Waals surface area contributed by atoms with E-state index < -0.39 is 4.92 Å². The van der Waals surface area contributed by atoms with Gasteiger partial charge in [-0.15, -0.1) is 0 Å². The number of ether oxygens (including phenoxy) is 2. The van der Waals surface area contributed by atoms with Gasteiger partial charge in [-0.3, -0.25) is 9.36 Å². The molecule has 0 bridgehead atoms. The van der Waals surface area contributed by atoms with Gasteiger partial charge in [0.15, 0.2) is 0 Å². The van der Waals surface area contributed by atoms with Crippen LogP contribution in [-0.2, 0) is 21.3 Å². The summed E-state index contributed by atoms with van der Waals surface area (Å²) in [6.07, 6.45) is 1.18. The molecule has 1 aliphatic rings. The van der Waals surface area contributed by atoms with E-state index in [9.17, 15) is 14.9 Å². The molecule has 0 spiro atoms. The number of esters is 1. The second-order valence-corrected chi connectivity index (χ2v) is 4.48. The molecule has 1 atom stereocenters. The van der Waals surface area contributed by atoms with Crippen LogP contribution >= 0.6 is 0 Å². The molecule has 1 aromatic heterocycles. The summed E-state index contributed by atoms with van der Waals surface area (Å²) in [5.41, 5.74) is 0. The molecular weight excluding hydrogens is 268 g/mol. The summed E-state index contributed by atoms with van der Waals surface area (Å²) in [7, 11) is 3.01. The molecular formula is C11H16N4O5. The number of carbonyl (C=O) groups is 1. The van der Waals surface area contributed by atoms with E-state index >= 15 is 0 Å². The van der Waals surface area contributed by atoms with Crippen molar-refractivity contribution in [1.82, 2.24) is 9.55 Å². The number of hydrogen-bond donors (Lipinski definition) is 0. The Balaban J connectivity index is 2.15. The molecule has 110 valence electrons. The zero-order valence-corrected chi connectivity index (χ0v) is 11.3. The lowest BCUT2D eigenvalue weighted by molar-refractivity contribution is -0.388. The molecule has 2 rings (SSSR count). The molecule has 1 saturated heterocycles. The molecule has 0 radical (unpaired) electrons. The molecule has 0 saturated carbocycles. The smallest absolute Gasteiger partial charge is 0.406 e. The lowest BCUT2D eigenvalue weighted by Gasteiger charge is -2.33. The fourth-order valence-corrected chi connectivity index (χ4v) is 2.21. The minimum atomic E-state index is -0.514. The minimum absolute atomic E-state index is 0.124. The highest BCUT2D eigenvalue weighted by atomic mass is 16.6. The van der Waals surface area contributed by atoms with E-state index in [0.29, 0.717) is 25.5 Å². The number of aryl methyl sites for hydroxylation is 1. The molecule has 0 aliphatic carbocycles. The van der Waals surface area contributed by atoms with Crippen molar-refractivity contribution in [1.29, 1.82) is 0 Å². The number of methoxy groups -OCH3 is 1. The largest absolute Gasteiger partial charge is 0.469 e. The average Bonchev–Trinajstić information content (AvgIpc) is 2.81. The highest BCUT2D eigenvalue weighted by Crippen LogP contribution is 2.27. The third kappa shape index (κ3) is 2.87. The van der Waals surface area contributed by atoms with Gasteiger partial charge in [-0.2, -0.15) is 0 Å². The standard InChI is InChI=1S/C11H16N4O5/c1-13-7-12-10(15(17)18)11(13)14-3-4-20-8(6-14)5-9(16)19-2/h7-8H,3-6H2,1-2H3. The Hall–Kier alpha value is -2.16. The van der Waals surface area contributed by atoms with Crippen LogP contribution in [0.2, 0.25) is 0 Å². The minimum Gasteiger partial charge on any atom is -0.469 e. The van der Waals surface area contributed by atoms with Gasteiger partial charge >= 0.3 is 11.8 Å². The van der Waals surface area contributed by atoms with Crippen molar-refractivity contribution in [2.24, 2.45) is 7.05 Å². The van der Waals surface area contributed by atoms with E-state index in [-0.39, 0.29) is 24.3 Å². The monoisotopic (exact) mass is 284 g/mol. The summed E-state index contributed by atoms with van der Waals surface area (Å²) in [5, 5.41) is 11.0. The van der Waals surface area contributed by atoms with Crippen LogP contribution in [0.5, 0.6) is 0 Å². The Bertz CT molecular complexity index is 515. The summed E-state index contributed by atoms with van der Waals surface area (Å²) in [4.78, 5) is 27.3. The number of nitrogens with zero attached hydrogens (tertiary/aromatic N) is 4. The topological polar surface area (TPSA) is 99.7 Å². The Morgan fingerprint density at radius 1 is 1.70 bits per heavy atom. The van der Waals surface area contributed by atoms with Gasteiger partial charge in [0.25, 0.3) is 0 Å². The lowest BCUT2D eigenvalue weighted by atomic mass is 10.2. The van der Waals surface area contributed by atoms with Crippen molar-refractivity contribution in [2.45, 2.75) is 12.5 Å². The number of imidazole rings is 1. The maximum Gasteiger partial charge on any atom is 0.406 e. The Labute approximate surface area is 115 Å². The number of hydrogen-bond acceptors (Lipinski definition) is 7. The van der Waals surface area contributed by atoms with Crippen LogP contribution in [-0.4, -0.2) is 53.4 Å². The molecule has 1 fully saturated rings. The van der Waals surface area contributed by atoms with E-state index in [4.69, 9.17) is 4.74 Å². The molecule has 0 amide bonds. The fraction of sp³-hybridized carbons (Fsp3) is 0.636. The van der Waals surface area contributed by atoms with E-state index in [1.807, 2.05) is 4.90 Å². The van der Waals surface area contributed by atoms with Crippen LogP contribution in [0.15, 0.2) is 6.33 Å². The molecule has 0 N–H and O–H groups in total. The fourth-order valence-electron chi connectivity index (χ4n) is 2.21. The van der Waals surface area contributed by atoms with Gasteiger partial charge in [0, 0.05) is 20.1 Å². The van der Waals surface area contributed by atoms with Gasteiger partial charge in [0.05, 0.1) is 26.2 Å². The van der Waals surface area contributed by atoms with Gasteiger partial charge < -0.3 is 24.5 Å². The van der Waals surface area contributed by atoms with Crippen LogP contribution in [0, 0.1) is 10.1 Å². The second kappa shape index (κ2) is 5.87. The first kappa shape index (κ1) is 14.3. The normalized spacial score (nSPS) is 18.9. The Morgan fingerprint density at radius 2 is 2.45 bits per heavy atom. The SMILES string of the molecule is COC(=O)CC1CN(c2c([N+](=O)[O-])ncn2C)CCO1. The molecule has 20 heavy (non-hydrogen) atoms. The molecule has 1 unspecified atom stereocenters. The number of morpholine rings is 1. The van der Waals surface area contributed by atoms with Crippen molar-refractivity contribution in [2.75, 3.05) is 31.7 Å². The maximum atomic E-state index is 11.3. The average molecular weight is 284 g/mol. The maximum absolute atomic E-state index is 11.3. The quantitative estimate of drug-likeness (QED) is 0.439. The zero-order chi connectivity index (χ0) is 14.7. The van der Waals surface area contributed by atoms with Crippen LogP contribution < -0.4 is 4.90 Å². The Morgan fingerprint density at radius 3 is 3.10 bits per heavy atom. The van der Waals surface area contributed by atoms with Crippen molar-refractivity contribution in [3.63, 3.8) is 0 Å². The van der Waals surface area contributed by atoms with Gasteiger partial charge in [0.1, 0.15) is 0 Å². The summed E-state index contributed by atoms with van der Waals surface area (Å²) >= 11 is 0.